The molecule has 0 aromatic carbocycles. The van der Waals surface area contributed by atoms with Crippen molar-refractivity contribution >= 4 is 5.97 Å². The molecule has 3 nitrogen and oxygen atoms in total. The van der Waals surface area contributed by atoms with Crippen molar-refractivity contribution < 1.29 is 67.4 Å². The number of hydrogen-bond donors (Lipinski definition) is 1. The Balaban J connectivity index is -0.00000220. The first-order valence-corrected chi connectivity index (χ1v) is 9.57. The summed E-state index contributed by atoms with van der Waals surface area (Å²) in [6.45, 7) is 1.78. The normalized spacial score (nSPS) is 10.3. The van der Waals surface area contributed by atoms with E-state index < -0.39 is 6.79 Å². The van der Waals surface area contributed by atoms with E-state index in [1.807, 2.05) is 0 Å². The molecule has 0 fully saturated rings. The van der Waals surface area contributed by atoms with E-state index >= 15 is 0 Å². The summed E-state index contributed by atoms with van der Waals surface area (Å²) in [5.74, 6) is -0.280. The van der Waals surface area contributed by atoms with Crippen LogP contribution in [0.15, 0.2) is 0 Å². The predicted octanol–water partition coefficient (Wildman–Crippen LogP) is 2.86. The van der Waals surface area contributed by atoms with Crippen LogP contribution >= 0.6 is 0 Å². The van der Waals surface area contributed by atoms with E-state index in [1.165, 1.54) is 83.5 Å². The first kappa shape index (κ1) is 26.3. The van der Waals surface area contributed by atoms with Gasteiger partial charge in [-0.3, -0.25) is 4.79 Å². The summed E-state index contributed by atoms with van der Waals surface area (Å²) < 4.78 is 4.48. The second kappa shape index (κ2) is 23.1. The summed E-state index contributed by atoms with van der Waals surface area (Å²) >= 11 is 0. The minimum Gasteiger partial charge on any atom is -1.00 e. The fraction of sp³-hybridized carbons (Fsp3) is 0.947. The van der Waals surface area contributed by atoms with Gasteiger partial charge in [-0.05, 0) is 6.42 Å². The second-order valence-corrected chi connectivity index (χ2v) is 6.35. The number of esters is 1. The molecule has 1 N–H and O–H groups in total. The average molecular weight is 355 g/mol. The summed E-state index contributed by atoms with van der Waals surface area (Å²) in [6, 6.07) is 0. The van der Waals surface area contributed by atoms with Crippen LogP contribution in [-0.2, 0) is 9.53 Å². The molecule has 0 rings (SSSR count). The average Bonchev–Trinajstić information content (AvgIpc) is 2.51. The summed E-state index contributed by atoms with van der Waals surface area (Å²) in [5.41, 5.74) is 0. The van der Waals surface area contributed by atoms with Crippen LogP contribution in [0.1, 0.15) is 111 Å². The molecule has 4 heteroatoms. The molecule has 0 amide bonds. The fourth-order valence-electron chi connectivity index (χ4n) is 2.78. The largest absolute Gasteiger partial charge is 1.00 e. The Hall–Kier alpha value is 1.07. The molecule has 0 saturated heterocycles. The Bertz CT molecular complexity index is 241. The number of carbonyl (C=O) groups excluding carboxylic acids is 1. The molecule has 23 heavy (non-hydrogen) atoms. The molecule has 0 bridgehead atoms. The van der Waals surface area contributed by atoms with Crippen molar-refractivity contribution in [3.8, 4) is 0 Å². The van der Waals surface area contributed by atoms with Gasteiger partial charge in [0.25, 0.3) is 0 Å². The molecule has 0 heterocycles. The summed E-state index contributed by atoms with van der Waals surface area (Å²) in [6.07, 6.45) is 20.3. The van der Waals surface area contributed by atoms with Gasteiger partial charge in [0.2, 0.25) is 0 Å². The molecule has 0 aliphatic carbocycles. The zero-order chi connectivity index (χ0) is 16.3. The van der Waals surface area contributed by atoms with E-state index in [0.717, 1.165) is 12.8 Å². The van der Waals surface area contributed by atoms with Crippen molar-refractivity contribution in [2.45, 2.75) is 110 Å². The first-order valence-electron chi connectivity index (χ1n) is 9.57. The number of unbranched alkanes of at least 4 members (excludes halogenated alkanes) is 14. The smallest absolute Gasteiger partial charge is 1.00 e. The number of rotatable bonds is 17. The van der Waals surface area contributed by atoms with Crippen LogP contribution in [0.4, 0.5) is 0 Å². The van der Waals surface area contributed by atoms with Gasteiger partial charge in [-0.15, -0.1) is 0 Å². The summed E-state index contributed by atoms with van der Waals surface area (Å²) in [4.78, 5) is 11.0. The number of ether oxygens (including phenoxy) is 1. The van der Waals surface area contributed by atoms with Crippen molar-refractivity contribution in [3.63, 3.8) is 0 Å². The van der Waals surface area contributed by atoms with Gasteiger partial charge in [-0.1, -0.05) is 96.8 Å². The van der Waals surface area contributed by atoms with E-state index in [2.05, 4.69) is 11.7 Å². The topological polar surface area (TPSA) is 46.5 Å². The number of carbonyl (C=O) groups is 1. The summed E-state index contributed by atoms with van der Waals surface area (Å²) in [5, 5.41) is 8.42. The Morgan fingerprint density at radius 3 is 1.43 bits per heavy atom. The molecular weight excluding hydrogens is 315 g/mol. The predicted molar refractivity (Wildman–Crippen MR) is 93.8 cm³/mol. The van der Waals surface area contributed by atoms with Crippen LogP contribution in [0.5, 0.6) is 0 Å². The van der Waals surface area contributed by atoms with E-state index in [-0.39, 0.29) is 58.8 Å². The molecule has 0 atom stereocenters. The van der Waals surface area contributed by atoms with Crippen LogP contribution in [-0.4, -0.2) is 17.9 Å². The Kier molecular flexibility index (Phi) is 26.4. The van der Waals surface area contributed by atoms with E-state index in [0.29, 0.717) is 6.42 Å². The third-order valence-electron chi connectivity index (χ3n) is 4.21. The number of hydrogen-bond acceptors (Lipinski definition) is 3. The molecule has 0 aliphatic heterocycles. The molecule has 0 spiro atoms. The van der Waals surface area contributed by atoms with Crippen LogP contribution in [0, 0.1) is 0 Å². The maximum atomic E-state index is 11.0. The third-order valence-corrected chi connectivity index (χ3v) is 4.21. The van der Waals surface area contributed by atoms with Crippen LogP contribution < -0.4 is 51.4 Å². The maximum absolute atomic E-state index is 11.0. The van der Waals surface area contributed by atoms with Crippen molar-refractivity contribution in [1.29, 1.82) is 0 Å². The Morgan fingerprint density at radius 2 is 1.09 bits per heavy atom. The van der Waals surface area contributed by atoms with Gasteiger partial charge in [0.15, 0.2) is 6.79 Å². The van der Waals surface area contributed by atoms with Gasteiger partial charge in [0, 0.05) is 6.42 Å². The van der Waals surface area contributed by atoms with Crippen molar-refractivity contribution in [3.05, 3.63) is 0 Å². The van der Waals surface area contributed by atoms with Crippen molar-refractivity contribution in [2.24, 2.45) is 0 Å². The van der Waals surface area contributed by atoms with Crippen LogP contribution in [0.25, 0.3) is 0 Å². The summed E-state index contributed by atoms with van der Waals surface area (Å²) in [7, 11) is 0. The first-order chi connectivity index (χ1) is 10.8. The minimum atomic E-state index is -0.489. The Labute approximate surface area is 188 Å². The van der Waals surface area contributed by atoms with Gasteiger partial charge in [-0.25, -0.2) is 0 Å². The van der Waals surface area contributed by atoms with Gasteiger partial charge >= 0.3 is 57.4 Å². The Morgan fingerprint density at radius 1 is 0.739 bits per heavy atom. The number of aliphatic hydroxyl groups excluding tert-OH is 1. The van der Waals surface area contributed by atoms with Gasteiger partial charge in [0.05, 0.1) is 0 Å². The zero-order valence-electron chi connectivity index (χ0n) is 16.8. The molecule has 0 aliphatic rings. The monoisotopic (exact) mass is 354 g/mol. The van der Waals surface area contributed by atoms with E-state index in [4.69, 9.17) is 5.11 Å². The fourth-order valence-corrected chi connectivity index (χ4v) is 2.78. The van der Waals surface area contributed by atoms with Gasteiger partial charge < -0.3 is 11.3 Å². The number of aliphatic hydroxyl groups is 1. The molecule has 0 aromatic rings. The van der Waals surface area contributed by atoms with Crippen LogP contribution in [0.2, 0.25) is 0 Å². The van der Waals surface area contributed by atoms with E-state index in [9.17, 15) is 4.79 Å². The maximum Gasteiger partial charge on any atom is 1.00 e. The SMILES string of the molecule is CCCCCCCCCCCCCCCCCC(=O)OCO.[H-].[K+]. The molecule has 0 saturated carbocycles. The van der Waals surface area contributed by atoms with Gasteiger partial charge in [-0.2, -0.15) is 0 Å². The molecule has 0 aromatic heterocycles. The van der Waals surface area contributed by atoms with E-state index in [1.54, 1.807) is 0 Å². The molecule has 0 radical (unpaired) electrons. The zero-order valence-corrected chi connectivity index (χ0v) is 18.9. The second-order valence-electron chi connectivity index (χ2n) is 6.35. The molecular formula is C19H39KO3. The van der Waals surface area contributed by atoms with Gasteiger partial charge in [0.1, 0.15) is 0 Å². The van der Waals surface area contributed by atoms with Crippen molar-refractivity contribution in [1.82, 2.24) is 0 Å². The standard InChI is InChI=1S/C19H38O3.K.H/c1-2-3-4-5-6-7-8-9-10-11-12-13-14-15-16-17-19(21)22-18-20;;/h20H,2-18H2,1H3;;/q;+1;-1. The molecule has 0 unspecified atom stereocenters. The minimum absolute atomic E-state index is 0. The molecule has 134 valence electrons. The quantitative estimate of drug-likeness (QED) is 0.189. The third kappa shape index (κ3) is 23.1. The van der Waals surface area contributed by atoms with Crippen LogP contribution in [0.3, 0.4) is 0 Å². The van der Waals surface area contributed by atoms with Crippen molar-refractivity contribution in [2.75, 3.05) is 6.79 Å².